The number of phenols is 1. The van der Waals surface area contributed by atoms with Gasteiger partial charge in [-0.2, -0.15) is 0 Å². The van der Waals surface area contributed by atoms with Crippen LogP contribution in [0.4, 0.5) is 0 Å². The smallest absolute Gasteiger partial charge is 0.148 e. The van der Waals surface area contributed by atoms with E-state index in [4.69, 9.17) is 9.10 Å². The van der Waals surface area contributed by atoms with Crippen molar-refractivity contribution in [1.82, 2.24) is 14.5 Å². The molecule has 5 aromatic carbocycles. The number of pyridine rings is 1. The first-order valence-electron chi connectivity index (χ1n) is 15.8. The van der Waals surface area contributed by atoms with Gasteiger partial charge in [-0.1, -0.05) is 92.1 Å². The summed E-state index contributed by atoms with van der Waals surface area (Å²) in [7, 11) is 0. The largest absolute Gasteiger partial charge is 0.507 e. The number of imidazole rings is 1. The second-order valence-corrected chi connectivity index (χ2v) is 11.8. The molecule has 0 saturated carbocycles. The SMILES string of the molecule is [2H]C([2H])([2H])c1cc(-c2[c-]c(-c3cccc4c3nc(-c3cc(C(C)(C)C)ccc3O)n4-c3ccccc3)ccc2)c2ncccc2c1.[Pt]. The molecule has 5 heteroatoms. The van der Waals surface area contributed by atoms with Crippen LogP contribution in [0.5, 0.6) is 5.75 Å². The van der Waals surface area contributed by atoms with Gasteiger partial charge >= 0.3 is 0 Å². The summed E-state index contributed by atoms with van der Waals surface area (Å²) in [6, 6.07) is 38.3. The van der Waals surface area contributed by atoms with Gasteiger partial charge in [0.15, 0.2) is 0 Å². The first-order chi connectivity index (χ1) is 22.0. The molecule has 0 bridgehead atoms. The maximum atomic E-state index is 11.2. The average Bonchev–Trinajstić information content (AvgIpc) is 3.43. The van der Waals surface area contributed by atoms with E-state index in [-0.39, 0.29) is 37.8 Å². The Morgan fingerprint density at radius 1 is 0.750 bits per heavy atom. The Labute approximate surface area is 276 Å². The Bertz CT molecular complexity index is 2250. The molecule has 4 nitrogen and oxygen atoms in total. The molecule has 0 fully saturated rings. The fourth-order valence-electron chi connectivity index (χ4n) is 5.70. The molecule has 0 amide bonds. The van der Waals surface area contributed by atoms with E-state index in [0.717, 1.165) is 44.4 Å². The zero-order valence-corrected chi connectivity index (χ0v) is 26.8. The van der Waals surface area contributed by atoms with Gasteiger partial charge in [-0.05, 0) is 59.6 Å². The van der Waals surface area contributed by atoms with Crippen LogP contribution in [0, 0.1) is 12.9 Å². The molecule has 220 valence electrons. The van der Waals surface area contributed by atoms with Crippen LogP contribution in [0.1, 0.15) is 36.0 Å². The molecule has 0 saturated heterocycles. The number of aromatic nitrogens is 3. The summed E-state index contributed by atoms with van der Waals surface area (Å²) in [6.07, 6.45) is 1.72. The molecule has 0 atom stereocenters. The molecule has 2 aromatic heterocycles. The quantitative estimate of drug-likeness (QED) is 0.182. The minimum Gasteiger partial charge on any atom is -0.507 e. The normalized spacial score (nSPS) is 12.8. The van der Waals surface area contributed by atoms with Crippen LogP contribution >= 0.6 is 0 Å². The van der Waals surface area contributed by atoms with Crippen LogP contribution in [-0.4, -0.2) is 19.6 Å². The van der Waals surface area contributed by atoms with Gasteiger partial charge in [-0.25, -0.2) is 4.98 Å². The number of fused-ring (bicyclic) bond motifs is 2. The molecule has 0 aliphatic carbocycles. The van der Waals surface area contributed by atoms with E-state index in [1.807, 2.05) is 91.0 Å². The van der Waals surface area contributed by atoms with Crippen molar-refractivity contribution in [2.75, 3.05) is 0 Å². The Morgan fingerprint density at radius 3 is 2.30 bits per heavy atom. The summed E-state index contributed by atoms with van der Waals surface area (Å²) in [5.41, 5.74) is 8.28. The van der Waals surface area contributed by atoms with Gasteiger partial charge < -0.3 is 5.11 Å². The second-order valence-electron chi connectivity index (χ2n) is 11.8. The summed E-state index contributed by atoms with van der Waals surface area (Å²) < 4.78 is 26.3. The van der Waals surface area contributed by atoms with Gasteiger partial charge in [0.25, 0.3) is 0 Å². The number of aromatic hydroxyl groups is 1. The van der Waals surface area contributed by atoms with Crippen molar-refractivity contribution in [3.05, 3.63) is 133 Å². The molecule has 7 aromatic rings. The molecule has 7 rings (SSSR count). The molecule has 0 radical (unpaired) electrons. The van der Waals surface area contributed by atoms with Crippen LogP contribution in [0.25, 0.3) is 61.3 Å². The third-order valence-electron chi connectivity index (χ3n) is 7.88. The first-order valence-corrected chi connectivity index (χ1v) is 14.3. The first kappa shape index (κ1) is 25.9. The Kier molecular flexibility index (Phi) is 6.79. The molecular weight excluding hydrogens is 722 g/mol. The third kappa shape index (κ3) is 5.25. The number of rotatable bonds is 4. The number of phenolic OH excluding ortho intramolecular Hbond substituents is 1. The van der Waals surface area contributed by atoms with E-state index in [0.29, 0.717) is 22.5 Å². The Balaban J connectivity index is 0.00000386. The van der Waals surface area contributed by atoms with Gasteiger partial charge in [-0.3, -0.25) is 9.55 Å². The van der Waals surface area contributed by atoms with Crippen molar-refractivity contribution < 1.29 is 30.3 Å². The van der Waals surface area contributed by atoms with E-state index in [9.17, 15) is 5.11 Å². The molecule has 0 aliphatic heterocycles. The Morgan fingerprint density at radius 2 is 1.52 bits per heavy atom. The van der Waals surface area contributed by atoms with Crippen LogP contribution in [-0.2, 0) is 26.5 Å². The standard InChI is InChI=1S/C39H32N3O.Pt/c1-25-21-28-13-10-20-40-36(28)32(22-25)27-12-8-11-26(23-27)31-16-9-17-34-37(31)41-38(42(34)30-14-6-5-7-15-30)33-24-29(39(2,3)4)18-19-35(33)43;/h5-22,24,43H,1-4H3;/q-1;/i1D3;. The predicted molar refractivity (Wildman–Crippen MR) is 177 cm³/mol. The zero-order valence-electron chi connectivity index (χ0n) is 27.6. The van der Waals surface area contributed by atoms with Crippen LogP contribution in [0.3, 0.4) is 0 Å². The fraction of sp³-hybridized carbons (Fsp3) is 0.128. The molecule has 0 spiro atoms. The number of nitrogens with zero attached hydrogens (tertiary/aromatic N) is 3. The number of aryl methyl sites for hydroxylation is 1. The van der Waals surface area contributed by atoms with Crippen molar-refractivity contribution in [2.45, 2.75) is 33.0 Å². The predicted octanol–water partition coefficient (Wildman–Crippen LogP) is 9.68. The van der Waals surface area contributed by atoms with Crippen molar-refractivity contribution in [2.24, 2.45) is 0 Å². The van der Waals surface area contributed by atoms with Crippen molar-refractivity contribution >= 4 is 21.9 Å². The van der Waals surface area contributed by atoms with Crippen molar-refractivity contribution in [3.8, 4) is 45.1 Å². The number of hydrogen-bond donors (Lipinski definition) is 1. The second kappa shape index (κ2) is 11.5. The summed E-state index contributed by atoms with van der Waals surface area (Å²) >= 11 is 0. The molecule has 2 heterocycles. The molecule has 1 N–H and O–H groups in total. The number of para-hydroxylation sites is 2. The monoisotopic (exact) mass is 756 g/mol. The summed E-state index contributed by atoms with van der Waals surface area (Å²) in [5.74, 6) is 0.790. The topological polar surface area (TPSA) is 50.9 Å². The molecule has 44 heavy (non-hydrogen) atoms. The summed E-state index contributed by atoms with van der Waals surface area (Å²) in [6.45, 7) is 4.18. The maximum Gasteiger partial charge on any atom is 0.148 e. The van der Waals surface area contributed by atoms with Gasteiger partial charge in [-0.15, -0.1) is 35.4 Å². The molecule has 0 unspecified atom stereocenters. The Hall–Kier alpha value is -4.53. The van der Waals surface area contributed by atoms with Crippen molar-refractivity contribution in [1.29, 1.82) is 0 Å². The van der Waals surface area contributed by atoms with Crippen LogP contribution in [0.15, 0.2) is 115 Å². The van der Waals surface area contributed by atoms with Gasteiger partial charge in [0.05, 0.1) is 16.6 Å². The van der Waals surface area contributed by atoms with E-state index < -0.39 is 6.85 Å². The van der Waals surface area contributed by atoms with Gasteiger partial charge in [0.2, 0.25) is 0 Å². The summed E-state index contributed by atoms with van der Waals surface area (Å²) in [4.78, 5) is 9.82. The summed E-state index contributed by atoms with van der Waals surface area (Å²) in [5, 5.41) is 11.9. The molecule has 0 aliphatic rings. The van der Waals surface area contributed by atoms with E-state index in [2.05, 4.69) is 36.4 Å². The third-order valence-corrected chi connectivity index (χ3v) is 7.88. The maximum absolute atomic E-state index is 11.2. The number of hydrogen-bond acceptors (Lipinski definition) is 3. The van der Waals surface area contributed by atoms with Crippen LogP contribution < -0.4 is 0 Å². The fourth-order valence-corrected chi connectivity index (χ4v) is 5.70. The minimum atomic E-state index is -2.27. The van der Waals surface area contributed by atoms with E-state index in [1.54, 1.807) is 24.4 Å². The van der Waals surface area contributed by atoms with Gasteiger partial charge in [0.1, 0.15) is 11.6 Å². The van der Waals surface area contributed by atoms with E-state index in [1.165, 1.54) is 0 Å². The van der Waals surface area contributed by atoms with Gasteiger partial charge in [0, 0.05) is 42.6 Å². The van der Waals surface area contributed by atoms with Crippen LogP contribution in [0.2, 0.25) is 0 Å². The van der Waals surface area contributed by atoms with E-state index >= 15 is 0 Å². The zero-order chi connectivity index (χ0) is 32.2. The minimum absolute atomic E-state index is 0. The number of benzene rings is 5. The average molecular weight is 757 g/mol. The molecular formula is C39H32N3OPt-. The van der Waals surface area contributed by atoms with Crippen molar-refractivity contribution in [3.63, 3.8) is 0 Å².